The van der Waals surface area contributed by atoms with Crippen LogP contribution >= 0.6 is 0 Å². The predicted octanol–water partition coefficient (Wildman–Crippen LogP) is 1.69. The first-order valence-electron chi connectivity index (χ1n) is 3.79. The summed E-state index contributed by atoms with van der Waals surface area (Å²) in [5, 5.41) is 21.1. The van der Waals surface area contributed by atoms with Crippen LogP contribution in [0.15, 0.2) is 23.5 Å². The maximum Gasteiger partial charge on any atom is 0.209 e. The number of hydrogen-bond donors (Lipinski definition) is 1. The van der Waals surface area contributed by atoms with Gasteiger partial charge in [0.25, 0.3) is 0 Å². The van der Waals surface area contributed by atoms with Crippen LogP contribution in [0.5, 0.6) is 5.75 Å². The highest BCUT2D eigenvalue weighted by atomic mass is 19.1. The Kier molecular flexibility index (Phi) is 3.22. The van der Waals surface area contributed by atoms with Crippen LogP contribution in [0.4, 0.5) is 4.39 Å². The van der Waals surface area contributed by atoms with E-state index < -0.39 is 5.82 Å². The highest BCUT2D eigenvalue weighted by Crippen LogP contribution is 2.17. The fourth-order valence-corrected chi connectivity index (χ4v) is 0.996. The second-order valence-electron chi connectivity index (χ2n) is 2.57. The van der Waals surface area contributed by atoms with Gasteiger partial charge in [0.1, 0.15) is 0 Å². The molecular formula is C8H9FN2O3. The van der Waals surface area contributed by atoms with Crippen molar-refractivity contribution in [2.75, 3.05) is 7.11 Å². The lowest BCUT2D eigenvalue weighted by molar-refractivity contribution is -0.570. The van der Waals surface area contributed by atoms with Crippen molar-refractivity contribution in [1.29, 1.82) is 0 Å². The van der Waals surface area contributed by atoms with E-state index in [0.29, 0.717) is 5.56 Å². The SMILES string of the molecule is COc1ccc(C[N+]([O-])=NO)cc1F. The van der Waals surface area contributed by atoms with Crippen molar-refractivity contribution in [2.24, 2.45) is 5.28 Å². The first-order chi connectivity index (χ1) is 6.67. The van der Waals surface area contributed by atoms with Crippen molar-refractivity contribution in [3.63, 3.8) is 0 Å². The molecule has 0 aromatic heterocycles. The van der Waals surface area contributed by atoms with E-state index in [1.807, 2.05) is 0 Å². The Labute approximate surface area is 79.6 Å². The van der Waals surface area contributed by atoms with Crippen LogP contribution in [0.2, 0.25) is 0 Å². The summed E-state index contributed by atoms with van der Waals surface area (Å²) in [6.07, 6.45) is 0. The molecule has 0 saturated carbocycles. The minimum Gasteiger partial charge on any atom is -0.597 e. The minimum atomic E-state index is -0.559. The standard InChI is InChI=1S/C8H9FN2O3/c1-14-8-3-2-6(4-7(8)9)5-11(13)10-12/h2-4,12H,5H2,1H3. The van der Waals surface area contributed by atoms with E-state index >= 15 is 0 Å². The summed E-state index contributed by atoms with van der Waals surface area (Å²) in [7, 11) is 1.35. The number of nitrogens with zero attached hydrogens (tertiary/aromatic N) is 2. The van der Waals surface area contributed by atoms with Gasteiger partial charge in [-0.1, -0.05) is 4.86 Å². The minimum absolute atomic E-state index is 0.0429. The quantitative estimate of drug-likeness (QED) is 0.458. The zero-order valence-corrected chi connectivity index (χ0v) is 7.48. The lowest BCUT2D eigenvalue weighted by Crippen LogP contribution is -2.01. The van der Waals surface area contributed by atoms with Gasteiger partial charge in [-0.15, -0.1) is 0 Å². The fraction of sp³-hybridized carbons (Fsp3) is 0.250. The van der Waals surface area contributed by atoms with Crippen molar-refractivity contribution in [2.45, 2.75) is 6.54 Å². The molecule has 0 spiro atoms. The van der Waals surface area contributed by atoms with Crippen molar-refractivity contribution in [1.82, 2.24) is 0 Å². The van der Waals surface area contributed by atoms with Gasteiger partial charge in [0, 0.05) is 5.56 Å². The van der Waals surface area contributed by atoms with E-state index in [9.17, 15) is 9.60 Å². The van der Waals surface area contributed by atoms with E-state index in [0.717, 1.165) is 6.07 Å². The van der Waals surface area contributed by atoms with Crippen molar-refractivity contribution in [3.8, 4) is 5.75 Å². The molecule has 0 atom stereocenters. The van der Waals surface area contributed by atoms with Crippen LogP contribution < -0.4 is 4.74 Å². The molecule has 0 aliphatic carbocycles. The monoisotopic (exact) mass is 200 g/mol. The van der Waals surface area contributed by atoms with E-state index in [-0.39, 0.29) is 17.2 Å². The fourth-order valence-electron chi connectivity index (χ4n) is 0.996. The number of benzene rings is 1. The average molecular weight is 200 g/mol. The van der Waals surface area contributed by atoms with Gasteiger partial charge in [-0.3, -0.25) is 0 Å². The third-order valence-electron chi connectivity index (χ3n) is 1.63. The van der Waals surface area contributed by atoms with Crippen LogP contribution in [-0.2, 0) is 6.54 Å². The Hall–Kier alpha value is -1.85. The molecule has 0 saturated heterocycles. The van der Waals surface area contributed by atoms with E-state index in [1.54, 1.807) is 0 Å². The molecule has 6 heteroatoms. The molecule has 1 N–H and O–H groups in total. The van der Waals surface area contributed by atoms with E-state index in [1.165, 1.54) is 19.2 Å². The predicted molar refractivity (Wildman–Crippen MR) is 44.5 cm³/mol. The van der Waals surface area contributed by atoms with E-state index in [4.69, 9.17) is 9.94 Å². The summed E-state index contributed by atoms with van der Waals surface area (Å²) < 4.78 is 17.8. The summed E-state index contributed by atoms with van der Waals surface area (Å²) in [6.45, 7) is -0.211. The molecule has 0 aliphatic heterocycles. The maximum atomic E-state index is 13.1. The summed E-state index contributed by atoms with van der Waals surface area (Å²) >= 11 is 0. The number of hydroxylamine groups is 1. The molecule has 0 unspecified atom stereocenters. The molecule has 1 aromatic carbocycles. The van der Waals surface area contributed by atoms with Crippen LogP contribution in [0.1, 0.15) is 5.56 Å². The number of ether oxygens (including phenoxy) is 1. The second-order valence-corrected chi connectivity index (χ2v) is 2.57. The largest absolute Gasteiger partial charge is 0.597 e. The summed E-state index contributed by atoms with van der Waals surface area (Å²) in [5.41, 5.74) is 0.399. The van der Waals surface area contributed by atoms with Gasteiger partial charge in [0.05, 0.1) is 7.11 Å². The summed E-state index contributed by atoms with van der Waals surface area (Å²) in [5.74, 6) is -0.455. The smallest absolute Gasteiger partial charge is 0.209 e. The Bertz CT molecular complexity index is 354. The van der Waals surface area contributed by atoms with Gasteiger partial charge in [-0.2, -0.15) is 0 Å². The van der Waals surface area contributed by atoms with Gasteiger partial charge in [0.2, 0.25) is 6.54 Å². The lowest BCUT2D eigenvalue weighted by Gasteiger charge is -2.03. The third kappa shape index (κ3) is 2.32. The van der Waals surface area contributed by atoms with Crippen LogP contribution in [0, 0.1) is 11.0 Å². The first-order valence-corrected chi connectivity index (χ1v) is 3.79. The number of methoxy groups -OCH3 is 1. The molecule has 1 aromatic rings. The second kappa shape index (κ2) is 4.40. The summed E-state index contributed by atoms with van der Waals surface area (Å²) in [6, 6.07) is 4.06. The first kappa shape index (κ1) is 10.2. The molecule has 0 aliphatic rings. The molecule has 0 fully saturated rings. The normalized spacial score (nSPS) is 11.4. The molecule has 76 valence electrons. The molecule has 0 bridgehead atoms. The third-order valence-corrected chi connectivity index (χ3v) is 1.63. The van der Waals surface area contributed by atoms with Gasteiger partial charge < -0.3 is 15.2 Å². The molecule has 0 radical (unpaired) electrons. The van der Waals surface area contributed by atoms with Crippen LogP contribution in [0.25, 0.3) is 0 Å². The van der Waals surface area contributed by atoms with E-state index in [2.05, 4.69) is 5.28 Å². The summed E-state index contributed by atoms with van der Waals surface area (Å²) in [4.78, 5) is 0.0429. The molecular weight excluding hydrogens is 191 g/mol. The zero-order chi connectivity index (χ0) is 10.6. The lowest BCUT2D eigenvalue weighted by atomic mass is 10.2. The topological polar surface area (TPSA) is 67.9 Å². The van der Waals surface area contributed by atoms with Crippen LogP contribution in [0.3, 0.4) is 0 Å². The van der Waals surface area contributed by atoms with Crippen LogP contribution in [-0.4, -0.2) is 17.2 Å². The number of rotatable bonds is 3. The highest BCUT2D eigenvalue weighted by molar-refractivity contribution is 5.28. The maximum absolute atomic E-state index is 13.1. The van der Waals surface area contributed by atoms with Crippen molar-refractivity contribution in [3.05, 3.63) is 34.8 Å². The van der Waals surface area contributed by atoms with Gasteiger partial charge in [0.15, 0.2) is 16.8 Å². The molecule has 0 amide bonds. The van der Waals surface area contributed by atoms with Gasteiger partial charge in [-0.05, 0) is 18.2 Å². The Balaban J connectivity index is 2.86. The zero-order valence-electron chi connectivity index (χ0n) is 7.48. The Morgan fingerprint density at radius 1 is 1.64 bits per heavy atom. The molecule has 14 heavy (non-hydrogen) atoms. The van der Waals surface area contributed by atoms with Gasteiger partial charge >= 0.3 is 0 Å². The molecule has 5 nitrogen and oxygen atoms in total. The van der Waals surface area contributed by atoms with Crippen molar-refractivity contribution < 1.29 is 19.2 Å². The molecule has 0 heterocycles. The van der Waals surface area contributed by atoms with Gasteiger partial charge in [-0.25, -0.2) is 4.39 Å². The highest BCUT2D eigenvalue weighted by Gasteiger charge is 2.06. The number of halogens is 1. The Morgan fingerprint density at radius 3 is 2.86 bits per heavy atom. The average Bonchev–Trinajstić information content (AvgIpc) is 2.18. The Morgan fingerprint density at radius 2 is 2.36 bits per heavy atom. The van der Waals surface area contributed by atoms with Crippen molar-refractivity contribution >= 4 is 0 Å². The molecule has 1 rings (SSSR count). The number of hydrogen-bond acceptors (Lipinski definition) is 3.